The summed E-state index contributed by atoms with van der Waals surface area (Å²) in [4.78, 5) is 29.0. The first-order chi connectivity index (χ1) is 13.1. The SMILES string of the molecule is O=C(Cc1cnc2ccc(C#CCO)cn2c1=O)NCc1ccc(Cl)cc1. The largest absolute Gasteiger partial charge is 0.384 e. The summed E-state index contributed by atoms with van der Waals surface area (Å²) in [6.45, 7) is 0.0816. The quantitative estimate of drug-likeness (QED) is 0.672. The number of fused-ring (bicyclic) bond motifs is 1. The third-order valence-electron chi connectivity index (χ3n) is 3.84. The second-order valence-electron chi connectivity index (χ2n) is 5.77. The van der Waals surface area contributed by atoms with Crippen molar-refractivity contribution in [3.63, 3.8) is 0 Å². The van der Waals surface area contributed by atoms with Crippen LogP contribution in [0, 0.1) is 11.8 Å². The molecule has 0 unspecified atom stereocenters. The van der Waals surface area contributed by atoms with Crippen LogP contribution in [0.4, 0.5) is 0 Å². The molecule has 2 N–H and O–H groups in total. The molecule has 0 spiro atoms. The van der Waals surface area contributed by atoms with Gasteiger partial charge in [-0.05, 0) is 29.8 Å². The summed E-state index contributed by atoms with van der Waals surface area (Å²) < 4.78 is 1.35. The van der Waals surface area contributed by atoms with Crippen molar-refractivity contribution in [2.45, 2.75) is 13.0 Å². The maximum Gasteiger partial charge on any atom is 0.261 e. The van der Waals surface area contributed by atoms with Crippen molar-refractivity contribution >= 4 is 23.2 Å². The molecular formula is C20H16ClN3O3. The van der Waals surface area contributed by atoms with Crippen molar-refractivity contribution in [3.05, 3.63) is 80.9 Å². The lowest BCUT2D eigenvalue weighted by atomic mass is 10.2. The zero-order chi connectivity index (χ0) is 19.2. The molecule has 7 heteroatoms. The zero-order valence-electron chi connectivity index (χ0n) is 14.3. The van der Waals surface area contributed by atoms with Gasteiger partial charge in [-0.15, -0.1) is 0 Å². The summed E-state index contributed by atoms with van der Waals surface area (Å²) in [5.41, 5.74) is 1.90. The van der Waals surface area contributed by atoms with Crippen molar-refractivity contribution in [1.29, 1.82) is 0 Å². The Bertz CT molecular complexity index is 1100. The Morgan fingerprint density at radius 3 is 2.74 bits per heavy atom. The van der Waals surface area contributed by atoms with Crippen molar-refractivity contribution in [2.24, 2.45) is 0 Å². The lowest BCUT2D eigenvalue weighted by molar-refractivity contribution is -0.120. The number of aromatic nitrogens is 2. The number of carbonyl (C=O) groups excluding carboxylic acids is 1. The number of nitrogens with one attached hydrogen (secondary N) is 1. The number of pyridine rings is 1. The van der Waals surface area contributed by atoms with Gasteiger partial charge in [0.2, 0.25) is 5.91 Å². The number of carbonyl (C=O) groups is 1. The third-order valence-corrected chi connectivity index (χ3v) is 4.09. The molecule has 0 radical (unpaired) electrons. The fourth-order valence-corrected chi connectivity index (χ4v) is 2.62. The first-order valence-electron chi connectivity index (χ1n) is 8.18. The van der Waals surface area contributed by atoms with E-state index in [1.807, 2.05) is 12.1 Å². The van der Waals surface area contributed by atoms with E-state index in [4.69, 9.17) is 16.7 Å². The van der Waals surface area contributed by atoms with E-state index in [9.17, 15) is 9.59 Å². The number of aliphatic hydroxyl groups excluding tert-OH is 1. The van der Waals surface area contributed by atoms with Gasteiger partial charge in [0.05, 0.1) is 6.42 Å². The Morgan fingerprint density at radius 2 is 2.00 bits per heavy atom. The molecular weight excluding hydrogens is 366 g/mol. The van der Waals surface area contributed by atoms with Crippen molar-refractivity contribution in [2.75, 3.05) is 6.61 Å². The van der Waals surface area contributed by atoms with Gasteiger partial charge in [-0.3, -0.25) is 14.0 Å². The van der Waals surface area contributed by atoms with Gasteiger partial charge >= 0.3 is 0 Å². The molecule has 0 atom stereocenters. The normalized spacial score (nSPS) is 10.3. The Kier molecular flexibility index (Phi) is 5.87. The van der Waals surface area contributed by atoms with Crippen LogP contribution in [0.25, 0.3) is 5.65 Å². The van der Waals surface area contributed by atoms with Gasteiger partial charge in [-0.2, -0.15) is 0 Å². The monoisotopic (exact) mass is 381 g/mol. The maximum absolute atomic E-state index is 12.6. The van der Waals surface area contributed by atoms with Crippen LogP contribution in [-0.4, -0.2) is 27.0 Å². The Labute approximate surface area is 160 Å². The molecule has 0 saturated heterocycles. The predicted molar refractivity (Wildman–Crippen MR) is 102 cm³/mol. The average molecular weight is 382 g/mol. The molecule has 1 aromatic carbocycles. The highest BCUT2D eigenvalue weighted by Gasteiger charge is 2.10. The molecule has 2 aromatic heterocycles. The number of rotatable bonds is 4. The van der Waals surface area contributed by atoms with Gasteiger partial charge in [0.25, 0.3) is 5.56 Å². The summed E-state index contributed by atoms with van der Waals surface area (Å²) in [5, 5.41) is 12.2. The number of benzene rings is 1. The van der Waals surface area contributed by atoms with E-state index in [-0.39, 0.29) is 30.1 Å². The van der Waals surface area contributed by atoms with Gasteiger partial charge in [0.1, 0.15) is 12.3 Å². The van der Waals surface area contributed by atoms with Crippen LogP contribution in [0.5, 0.6) is 0 Å². The minimum atomic E-state index is -0.325. The summed E-state index contributed by atoms with van der Waals surface area (Å²) in [5.74, 6) is 4.99. The van der Waals surface area contributed by atoms with Crippen molar-refractivity contribution in [3.8, 4) is 11.8 Å². The Balaban J connectivity index is 1.75. The predicted octanol–water partition coefficient (Wildman–Crippen LogP) is 1.55. The fraction of sp³-hybridized carbons (Fsp3) is 0.150. The molecule has 27 heavy (non-hydrogen) atoms. The molecule has 0 saturated carbocycles. The number of hydrogen-bond donors (Lipinski definition) is 2. The van der Waals surface area contributed by atoms with Crippen LogP contribution in [0.1, 0.15) is 16.7 Å². The van der Waals surface area contributed by atoms with Crippen LogP contribution in [0.2, 0.25) is 5.02 Å². The second kappa shape index (κ2) is 8.49. The van der Waals surface area contributed by atoms with Crippen LogP contribution in [0.3, 0.4) is 0 Å². The van der Waals surface area contributed by atoms with Crippen LogP contribution >= 0.6 is 11.6 Å². The maximum atomic E-state index is 12.6. The topological polar surface area (TPSA) is 83.7 Å². The van der Waals surface area contributed by atoms with E-state index >= 15 is 0 Å². The summed E-state index contributed by atoms with van der Waals surface area (Å²) in [7, 11) is 0. The number of hydrogen-bond acceptors (Lipinski definition) is 4. The van der Waals surface area contributed by atoms with E-state index in [0.717, 1.165) is 5.56 Å². The highest BCUT2D eigenvalue weighted by atomic mass is 35.5. The minimum absolute atomic E-state index is 0.0745. The number of halogens is 1. The Morgan fingerprint density at radius 1 is 1.22 bits per heavy atom. The molecule has 1 amide bonds. The number of amides is 1. The molecule has 2 heterocycles. The van der Waals surface area contributed by atoms with Crippen LogP contribution in [0.15, 0.2) is 53.6 Å². The average Bonchev–Trinajstić information content (AvgIpc) is 2.68. The van der Waals surface area contributed by atoms with Gasteiger partial charge in [-0.1, -0.05) is 35.6 Å². The fourth-order valence-electron chi connectivity index (χ4n) is 2.49. The summed E-state index contributed by atoms with van der Waals surface area (Å²) in [6, 6.07) is 10.5. The Hall–Kier alpha value is -3.14. The van der Waals surface area contributed by atoms with Crippen molar-refractivity contribution in [1.82, 2.24) is 14.7 Å². The van der Waals surface area contributed by atoms with E-state index in [1.54, 1.807) is 30.5 Å². The minimum Gasteiger partial charge on any atom is -0.384 e. The van der Waals surface area contributed by atoms with Crippen molar-refractivity contribution < 1.29 is 9.90 Å². The van der Waals surface area contributed by atoms with E-state index in [1.165, 1.54) is 10.6 Å². The zero-order valence-corrected chi connectivity index (χ0v) is 15.0. The van der Waals surface area contributed by atoms with E-state index in [0.29, 0.717) is 22.8 Å². The first-order valence-corrected chi connectivity index (χ1v) is 8.56. The lowest BCUT2D eigenvalue weighted by Crippen LogP contribution is -2.29. The van der Waals surface area contributed by atoms with Gasteiger partial charge in [0, 0.05) is 35.1 Å². The van der Waals surface area contributed by atoms with E-state index < -0.39 is 0 Å². The molecule has 3 rings (SSSR count). The molecule has 0 fully saturated rings. The second-order valence-corrected chi connectivity index (χ2v) is 6.21. The van der Waals surface area contributed by atoms with Crippen LogP contribution < -0.4 is 10.9 Å². The van der Waals surface area contributed by atoms with Crippen LogP contribution in [-0.2, 0) is 17.8 Å². The van der Waals surface area contributed by atoms with E-state index in [2.05, 4.69) is 22.1 Å². The standard InChI is InChI=1S/C20H16ClN3O3/c21-17-6-3-14(4-7-17)11-23-19(26)10-16-12-22-18-8-5-15(2-1-9-25)13-24(18)20(16)27/h3-8,12-13,25H,9-11H2,(H,23,26). The smallest absolute Gasteiger partial charge is 0.261 e. The van der Waals surface area contributed by atoms with Gasteiger partial charge in [0.15, 0.2) is 0 Å². The highest BCUT2D eigenvalue weighted by Crippen LogP contribution is 2.09. The number of nitrogens with zero attached hydrogens (tertiary/aromatic N) is 2. The highest BCUT2D eigenvalue weighted by molar-refractivity contribution is 6.30. The van der Waals surface area contributed by atoms with Gasteiger partial charge < -0.3 is 10.4 Å². The molecule has 0 aliphatic heterocycles. The molecule has 6 nitrogen and oxygen atoms in total. The molecule has 0 aliphatic carbocycles. The number of aliphatic hydroxyl groups is 1. The molecule has 3 aromatic rings. The first kappa shape index (κ1) is 18.6. The summed E-state index contributed by atoms with van der Waals surface area (Å²) in [6.07, 6.45) is 2.88. The van der Waals surface area contributed by atoms with Gasteiger partial charge in [-0.25, -0.2) is 4.98 Å². The summed E-state index contributed by atoms with van der Waals surface area (Å²) >= 11 is 5.83. The third kappa shape index (κ3) is 4.73. The molecule has 136 valence electrons. The molecule has 0 aliphatic rings. The lowest BCUT2D eigenvalue weighted by Gasteiger charge is -2.07. The molecule has 0 bridgehead atoms.